The summed E-state index contributed by atoms with van der Waals surface area (Å²) >= 11 is 0. The molecule has 0 aliphatic heterocycles. The third-order valence-electron chi connectivity index (χ3n) is 3.39. The van der Waals surface area contributed by atoms with Crippen LogP contribution in [0, 0.1) is 0 Å². The molecule has 0 bridgehead atoms. The molecule has 1 heterocycles. The van der Waals surface area contributed by atoms with E-state index in [9.17, 15) is 20.1 Å². The molecule has 0 fully saturated rings. The predicted octanol–water partition coefficient (Wildman–Crippen LogP) is 2.18. The summed E-state index contributed by atoms with van der Waals surface area (Å²) in [5, 5.41) is 31.7. The van der Waals surface area contributed by atoms with Gasteiger partial charge in [0.25, 0.3) is 0 Å². The number of hydrogen-bond donors (Lipinski definition) is 4. The predicted molar refractivity (Wildman–Crippen MR) is 91.1 cm³/mol. The molecule has 0 unspecified atom stereocenters. The lowest BCUT2D eigenvalue weighted by Gasteiger charge is -2.11. The minimum Gasteiger partial charge on any atom is -0.507 e. The number of benzene rings is 1. The second kappa shape index (κ2) is 8.16. The lowest BCUT2D eigenvalue weighted by molar-refractivity contribution is 0.0693. The van der Waals surface area contributed by atoms with Crippen LogP contribution in [0.4, 0.5) is 5.69 Å². The molecule has 1 aromatic carbocycles. The molecule has 128 valence electrons. The van der Waals surface area contributed by atoms with Crippen LogP contribution in [-0.2, 0) is 6.54 Å². The van der Waals surface area contributed by atoms with Crippen molar-refractivity contribution in [2.24, 2.45) is 0 Å². The zero-order valence-corrected chi connectivity index (χ0v) is 13.4. The average molecular weight is 331 g/mol. The van der Waals surface area contributed by atoms with Crippen LogP contribution < -0.4 is 5.32 Å². The van der Waals surface area contributed by atoms with Crippen molar-refractivity contribution in [1.82, 2.24) is 9.55 Å². The zero-order chi connectivity index (χ0) is 17.5. The quantitative estimate of drug-likeness (QED) is 0.590. The molecule has 7 nitrogen and oxygen atoms in total. The number of nitrogens with one attached hydrogen (secondary N) is 1. The van der Waals surface area contributed by atoms with E-state index in [1.54, 1.807) is 37.7 Å². The Kier molecular flexibility index (Phi) is 5.97. The molecule has 0 amide bonds. The third-order valence-corrected chi connectivity index (χ3v) is 3.39. The lowest BCUT2D eigenvalue weighted by Crippen LogP contribution is -2.10. The summed E-state index contributed by atoms with van der Waals surface area (Å²) in [6.45, 7) is 2.93. The number of hydrogen-bond acceptors (Lipinski definition) is 5. The van der Waals surface area contributed by atoms with Gasteiger partial charge in [-0.05, 0) is 25.0 Å². The molecule has 4 N–H and O–H groups in total. The summed E-state index contributed by atoms with van der Waals surface area (Å²) in [5.41, 5.74) is 0.847. The second-order valence-electron chi connectivity index (χ2n) is 5.48. The van der Waals surface area contributed by atoms with Gasteiger partial charge in [-0.2, -0.15) is 0 Å². The van der Waals surface area contributed by atoms with Gasteiger partial charge >= 0.3 is 5.97 Å². The molecule has 0 saturated carbocycles. The van der Waals surface area contributed by atoms with Crippen molar-refractivity contribution in [2.45, 2.75) is 26.0 Å². The summed E-state index contributed by atoms with van der Waals surface area (Å²) in [5.74, 6) is -1.50. The first-order valence-electron chi connectivity index (χ1n) is 7.62. The van der Waals surface area contributed by atoms with Crippen LogP contribution in [0.2, 0.25) is 0 Å². The van der Waals surface area contributed by atoms with Gasteiger partial charge in [-0.3, -0.25) is 0 Å². The number of imidazole rings is 1. The van der Waals surface area contributed by atoms with Gasteiger partial charge < -0.3 is 25.2 Å². The van der Waals surface area contributed by atoms with Crippen molar-refractivity contribution in [1.29, 1.82) is 0 Å². The van der Waals surface area contributed by atoms with Gasteiger partial charge in [0.2, 0.25) is 0 Å². The second-order valence-corrected chi connectivity index (χ2v) is 5.48. The number of carboxylic acids is 1. The largest absolute Gasteiger partial charge is 0.507 e. The topological polar surface area (TPSA) is 108 Å². The molecule has 0 radical (unpaired) electrons. The minimum absolute atomic E-state index is 0.156. The maximum Gasteiger partial charge on any atom is 0.340 e. The Hall–Kier alpha value is -2.80. The Morgan fingerprint density at radius 2 is 2.25 bits per heavy atom. The molecule has 2 rings (SSSR count). The Morgan fingerprint density at radius 1 is 1.46 bits per heavy atom. The number of aromatic hydroxyl groups is 1. The van der Waals surface area contributed by atoms with Gasteiger partial charge in [-0.1, -0.05) is 12.2 Å². The molecule has 2 aromatic rings. The van der Waals surface area contributed by atoms with Gasteiger partial charge in [0.15, 0.2) is 0 Å². The van der Waals surface area contributed by atoms with Gasteiger partial charge in [0.05, 0.1) is 12.4 Å². The number of phenols is 1. The highest BCUT2D eigenvalue weighted by Gasteiger charge is 2.15. The fourth-order valence-corrected chi connectivity index (χ4v) is 2.26. The highest BCUT2D eigenvalue weighted by Crippen LogP contribution is 2.28. The summed E-state index contributed by atoms with van der Waals surface area (Å²) in [7, 11) is 0. The van der Waals surface area contributed by atoms with Crippen LogP contribution >= 0.6 is 0 Å². The SMILES string of the molecule is C[C@@H](O)C/C=C/c1cc(NCCn2ccnc2)cc(O)c1C(=O)O. The number of anilines is 1. The van der Waals surface area contributed by atoms with Crippen LogP contribution in [0.3, 0.4) is 0 Å². The Morgan fingerprint density at radius 3 is 2.88 bits per heavy atom. The summed E-state index contributed by atoms with van der Waals surface area (Å²) in [6, 6.07) is 3.05. The minimum atomic E-state index is -1.20. The van der Waals surface area contributed by atoms with Crippen LogP contribution in [0.5, 0.6) is 5.75 Å². The summed E-state index contributed by atoms with van der Waals surface area (Å²) < 4.78 is 1.90. The van der Waals surface area contributed by atoms with E-state index in [0.717, 1.165) is 0 Å². The van der Waals surface area contributed by atoms with E-state index in [4.69, 9.17) is 0 Å². The number of rotatable bonds is 8. The zero-order valence-electron chi connectivity index (χ0n) is 13.4. The Balaban J connectivity index is 2.15. The summed E-state index contributed by atoms with van der Waals surface area (Å²) in [6.07, 6.45) is 8.40. The number of carbonyl (C=O) groups is 1. The first-order valence-corrected chi connectivity index (χ1v) is 7.62. The van der Waals surface area contributed by atoms with Crippen LogP contribution in [0.1, 0.15) is 29.3 Å². The van der Waals surface area contributed by atoms with Gasteiger partial charge in [-0.25, -0.2) is 9.78 Å². The van der Waals surface area contributed by atoms with Crippen molar-refractivity contribution in [3.8, 4) is 5.75 Å². The number of aliphatic hydroxyl groups excluding tert-OH is 1. The molecule has 0 spiro atoms. The van der Waals surface area contributed by atoms with Crippen molar-refractivity contribution < 1.29 is 20.1 Å². The standard InChI is InChI=1S/C17H21N3O4/c1-12(21)3-2-4-13-9-14(10-15(22)16(13)17(23)24)19-6-8-20-7-5-18-11-20/h2,4-5,7,9-12,19,21-22H,3,6,8H2,1H3,(H,23,24)/b4-2+/t12-/m1/s1. The van der Waals surface area contributed by atoms with Crippen molar-refractivity contribution in [2.75, 3.05) is 11.9 Å². The first-order chi connectivity index (χ1) is 11.5. The molecular formula is C17H21N3O4. The highest BCUT2D eigenvalue weighted by molar-refractivity contribution is 5.96. The Bertz CT molecular complexity index is 709. The van der Waals surface area contributed by atoms with E-state index in [0.29, 0.717) is 30.8 Å². The number of aromatic carboxylic acids is 1. The highest BCUT2D eigenvalue weighted by atomic mass is 16.4. The Labute approximate surface area is 139 Å². The van der Waals surface area contributed by atoms with E-state index < -0.39 is 12.1 Å². The first kappa shape index (κ1) is 17.6. The molecule has 0 aliphatic carbocycles. The molecule has 0 aliphatic rings. The van der Waals surface area contributed by atoms with Crippen LogP contribution in [0.25, 0.3) is 6.08 Å². The fraction of sp³-hybridized carbons (Fsp3) is 0.294. The van der Waals surface area contributed by atoms with Crippen LogP contribution in [-0.4, -0.2) is 43.5 Å². The number of carboxylic acid groups (broad SMARTS) is 1. The van der Waals surface area contributed by atoms with E-state index in [1.165, 1.54) is 6.07 Å². The third kappa shape index (κ3) is 4.85. The number of nitrogens with zero attached hydrogens (tertiary/aromatic N) is 2. The van der Waals surface area contributed by atoms with E-state index >= 15 is 0 Å². The van der Waals surface area contributed by atoms with E-state index in [-0.39, 0.29) is 11.3 Å². The van der Waals surface area contributed by atoms with Gasteiger partial charge in [-0.15, -0.1) is 0 Å². The molecular weight excluding hydrogens is 310 g/mol. The van der Waals surface area contributed by atoms with E-state index in [2.05, 4.69) is 10.3 Å². The van der Waals surface area contributed by atoms with Gasteiger partial charge in [0, 0.05) is 37.2 Å². The maximum atomic E-state index is 11.3. The summed E-state index contributed by atoms with van der Waals surface area (Å²) in [4.78, 5) is 15.3. The smallest absolute Gasteiger partial charge is 0.340 e. The molecule has 0 saturated heterocycles. The van der Waals surface area contributed by atoms with Gasteiger partial charge in [0.1, 0.15) is 11.3 Å². The average Bonchev–Trinajstić information content (AvgIpc) is 2.99. The van der Waals surface area contributed by atoms with Crippen molar-refractivity contribution in [3.05, 3.63) is 48.1 Å². The molecule has 24 heavy (non-hydrogen) atoms. The van der Waals surface area contributed by atoms with Crippen molar-refractivity contribution >= 4 is 17.7 Å². The molecule has 1 atom stereocenters. The van der Waals surface area contributed by atoms with E-state index in [1.807, 2.05) is 10.8 Å². The molecule has 7 heteroatoms. The number of aliphatic hydroxyl groups is 1. The normalized spacial score (nSPS) is 12.4. The lowest BCUT2D eigenvalue weighted by atomic mass is 10.0. The monoisotopic (exact) mass is 331 g/mol. The van der Waals surface area contributed by atoms with Crippen LogP contribution in [0.15, 0.2) is 36.9 Å². The number of aromatic nitrogens is 2. The maximum absolute atomic E-state index is 11.3. The molecule has 1 aromatic heterocycles. The van der Waals surface area contributed by atoms with Crippen molar-refractivity contribution in [3.63, 3.8) is 0 Å². The fourth-order valence-electron chi connectivity index (χ4n) is 2.26.